The molecule has 1 aromatic rings. The monoisotopic (exact) mass is 274 g/mol. The van der Waals surface area contributed by atoms with Crippen LogP contribution in [0, 0.1) is 0 Å². The predicted octanol–water partition coefficient (Wildman–Crippen LogP) is 1.27. The van der Waals surface area contributed by atoms with Gasteiger partial charge in [-0.25, -0.2) is 8.42 Å². The summed E-state index contributed by atoms with van der Waals surface area (Å²) in [7, 11) is -2.97. The minimum atomic E-state index is -2.97. The molecule has 1 unspecified atom stereocenters. The normalized spacial score (nSPS) is 26.9. The molecule has 0 radical (unpaired) electrons. The predicted molar refractivity (Wildman–Crippen MR) is 70.1 cm³/mol. The van der Waals surface area contributed by atoms with Gasteiger partial charge >= 0.3 is 0 Å². The number of nitrogens with two attached hydrogens (primary N) is 1. The van der Waals surface area contributed by atoms with Crippen molar-refractivity contribution in [1.82, 2.24) is 0 Å². The number of nitrogens with one attached hydrogen (secondary N) is 1. The Morgan fingerprint density at radius 3 is 2.76 bits per heavy atom. The van der Waals surface area contributed by atoms with Crippen LogP contribution in [0.1, 0.15) is 6.42 Å². The van der Waals surface area contributed by atoms with Crippen LogP contribution < -0.4 is 11.1 Å². The molecule has 1 fully saturated rings. The van der Waals surface area contributed by atoms with E-state index in [1.54, 1.807) is 12.1 Å². The number of hydrogen-bond acceptors (Lipinski definition) is 4. The van der Waals surface area contributed by atoms with Crippen molar-refractivity contribution < 1.29 is 8.42 Å². The Morgan fingerprint density at radius 2 is 2.24 bits per heavy atom. The molecule has 0 aliphatic carbocycles. The first kappa shape index (κ1) is 12.7. The van der Waals surface area contributed by atoms with Crippen molar-refractivity contribution in [1.29, 1.82) is 0 Å². The van der Waals surface area contributed by atoms with Crippen LogP contribution in [-0.4, -0.2) is 32.0 Å². The van der Waals surface area contributed by atoms with Crippen molar-refractivity contribution in [2.24, 2.45) is 5.73 Å². The summed E-state index contributed by atoms with van der Waals surface area (Å²) in [6.07, 6.45) is 0.540. The molecule has 6 heteroatoms. The van der Waals surface area contributed by atoms with E-state index in [0.29, 0.717) is 18.0 Å². The lowest BCUT2D eigenvalue weighted by Gasteiger charge is -2.28. The average molecular weight is 275 g/mol. The third kappa shape index (κ3) is 2.91. The molecular weight excluding hydrogens is 260 g/mol. The van der Waals surface area contributed by atoms with Gasteiger partial charge in [-0.05, 0) is 24.6 Å². The summed E-state index contributed by atoms with van der Waals surface area (Å²) < 4.78 is 23.1. The van der Waals surface area contributed by atoms with Crippen LogP contribution in [0.15, 0.2) is 24.3 Å². The number of sulfone groups is 1. The highest BCUT2D eigenvalue weighted by molar-refractivity contribution is 7.91. The second-order valence-corrected chi connectivity index (χ2v) is 7.08. The first-order chi connectivity index (χ1) is 7.95. The van der Waals surface area contributed by atoms with Gasteiger partial charge in [0.2, 0.25) is 0 Å². The standard InChI is InChI=1S/C11H15ClN2O2S/c12-9-2-1-3-10(6-9)14-11(7-13)4-5-17(15,16)8-11/h1-3,6,14H,4-5,7-8,13H2. The van der Waals surface area contributed by atoms with Crippen LogP contribution in [0.5, 0.6) is 0 Å². The summed E-state index contributed by atoms with van der Waals surface area (Å²) >= 11 is 5.89. The zero-order chi connectivity index (χ0) is 12.5. The molecule has 0 bridgehead atoms. The van der Waals surface area contributed by atoms with E-state index in [1.165, 1.54) is 0 Å². The van der Waals surface area contributed by atoms with Crippen molar-refractivity contribution in [2.45, 2.75) is 12.0 Å². The maximum atomic E-state index is 11.5. The van der Waals surface area contributed by atoms with Gasteiger partial charge in [0.1, 0.15) is 0 Å². The topological polar surface area (TPSA) is 72.2 Å². The maximum absolute atomic E-state index is 11.5. The lowest BCUT2D eigenvalue weighted by Crippen LogP contribution is -2.46. The maximum Gasteiger partial charge on any atom is 0.152 e. The van der Waals surface area contributed by atoms with E-state index in [0.717, 1.165) is 5.69 Å². The molecule has 4 nitrogen and oxygen atoms in total. The smallest absolute Gasteiger partial charge is 0.152 e. The van der Waals surface area contributed by atoms with Gasteiger partial charge in [-0.2, -0.15) is 0 Å². The van der Waals surface area contributed by atoms with Crippen LogP contribution in [0.2, 0.25) is 5.02 Å². The van der Waals surface area contributed by atoms with Crippen molar-refractivity contribution >= 4 is 27.1 Å². The van der Waals surface area contributed by atoms with E-state index in [9.17, 15) is 8.42 Å². The van der Waals surface area contributed by atoms with Crippen LogP contribution >= 0.6 is 11.6 Å². The molecule has 17 heavy (non-hydrogen) atoms. The lowest BCUT2D eigenvalue weighted by atomic mass is 9.99. The molecule has 0 saturated carbocycles. The number of anilines is 1. The highest BCUT2D eigenvalue weighted by Crippen LogP contribution is 2.28. The average Bonchev–Trinajstić information content (AvgIpc) is 2.55. The lowest BCUT2D eigenvalue weighted by molar-refractivity contribution is 0.534. The summed E-state index contributed by atoms with van der Waals surface area (Å²) in [6.45, 7) is 0.290. The zero-order valence-electron chi connectivity index (χ0n) is 9.32. The van der Waals surface area contributed by atoms with Crippen molar-refractivity contribution in [3.8, 4) is 0 Å². The minimum Gasteiger partial charge on any atom is -0.377 e. The number of rotatable bonds is 3. The molecule has 94 valence electrons. The van der Waals surface area contributed by atoms with Gasteiger partial charge in [-0.1, -0.05) is 17.7 Å². The highest BCUT2D eigenvalue weighted by atomic mass is 35.5. The van der Waals surface area contributed by atoms with Gasteiger partial charge in [-0.15, -0.1) is 0 Å². The summed E-state index contributed by atoms with van der Waals surface area (Å²) in [4.78, 5) is 0. The molecule has 2 rings (SSSR count). The molecule has 0 amide bonds. The summed E-state index contributed by atoms with van der Waals surface area (Å²) in [6, 6.07) is 7.21. The molecule has 3 N–H and O–H groups in total. The Bertz CT molecular complexity index is 518. The Labute approximate surface area is 106 Å². The molecule has 1 saturated heterocycles. The SMILES string of the molecule is NCC1(Nc2cccc(Cl)c2)CCS(=O)(=O)C1. The van der Waals surface area contributed by atoms with Crippen LogP contribution in [0.3, 0.4) is 0 Å². The van der Waals surface area contributed by atoms with Gasteiger partial charge in [-0.3, -0.25) is 0 Å². The molecule has 1 aliphatic heterocycles. The number of benzene rings is 1. The van der Waals surface area contributed by atoms with E-state index >= 15 is 0 Å². The van der Waals surface area contributed by atoms with Crippen molar-refractivity contribution in [3.63, 3.8) is 0 Å². The molecule has 0 aromatic heterocycles. The van der Waals surface area contributed by atoms with Gasteiger partial charge in [0.05, 0.1) is 17.0 Å². The fourth-order valence-electron chi connectivity index (χ4n) is 2.10. The fraction of sp³-hybridized carbons (Fsp3) is 0.455. The second kappa shape index (κ2) is 4.48. The van der Waals surface area contributed by atoms with E-state index < -0.39 is 15.4 Å². The van der Waals surface area contributed by atoms with Gasteiger partial charge in [0.15, 0.2) is 9.84 Å². The Kier molecular flexibility index (Phi) is 3.34. The first-order valence-corrected chi connectivity index (χ1v) is 7.59. The molecule has 1 aliphatic rings. The Hall–Kier alpha value is -0.780. The largest absolute Gasteiger partial charge is 0.377 e. The number of halogens is 1. The Morgan fingerprint density at radius 1 is 1.47 bits per heavy atom. The summed E-state index contributed by atoms with van der Waals surface area (Å²) in [5, 5.41) is 3.83. The van der Waals surface area contributed by atoms with Crippen LogP contribution in [0.25, 0.3) is 0 Å². The van der Waals surface area contributed by atoms with Crippen LogP contribution in [-0.2, 0) is 9.84 Å². The number of hydrogen-bond donors (Lipinski definition) is 2. The third-order valence-corrected chi connectivity index (χ3v) is 5.07. The highest BCUT2D eigenvalue weighted by Gasteiger charge is 2.41. The first-order valence-electron chi connectivity index (χ1n) is 5.39. The fourth-order valence-corrected chi connectivity index (χ4v) is 4.31. The third-order valence-electron chi connectivity index (χ3n) is 3.01. The molecule has 1 aromatic carbocycles. The van der Waals surface area contributed by atoms with Crippen molar-refractivity contribution in [2.75, 3.05) is 23.4 Å². The second-order valence-electron chi connectivity index (χ2n) is 4.46. The van der Waals surface area contributed by atoms with E-state index in [1.807, 2.05) is 12.1 Å². The van der Waals surface area contributed by atoms with E-state index in [-0.39, 0.29) is 11.5 Å². The summed E-state index contributed by atoms with van der Waals surface area (Å²) in [5.41, 5.74) is 5.97. The zero-order valence-corrected chi connectivity index (χ0v) is 10.9. The molecule has 1 heterocycles. The Balaban J connectivity index is 2.22. The van der Waals surface area contributed by atoms with Gasteiger partial charge < -0.3 is 11.1 Å². The quantitative estimate of drug-likeness (QED) is 0.871. The molecule has 0 spiro atoms. The minimum absolute atomic E-state index is 0.0863. The van der Waals surface area contributed by atoms with Gasteiger partial charge in [0, 0.05) is 17.3 Å². The van der Waals surface area contributed by atoms with Crippen LogP contribution in [0.4, 0.5) is 5.69 Å². The van der Waals surface area contributed by atoms with E-state index in [2.05, 4.69) is 5.32 Å². The van der Waals surface area contributed by atoms with Gasteiger partial charge in [0.25, 0.3) is 0 Å². The van der Waals surface area contributed by atoms with E-state index in [4.69, 9.17) is 17.3 Å². The molecular formula is C11H15ClN2O2S. The van der Waals surface area contributed by atoms with Crippen molar-refractivity contribution in [3.05, 3.63) is 29.3 Å². The molecule has 1 atom stereocenters. The summed E-state index contributed by atoms with van der Waals surface area (Å²) in [5.74, 6) is 0.279.